The summed E-state index contributed by atoms with van der Waals surface area (Å²) in [5.41, 5.74) is 2.00. The van der Waals surface area contributed by atoms with E-state index in [0.29, 0.717) is 5.69 Å². The van der Waals surface area contributed by atoms with Crippen molar-refractivity contribution in [3.05, 3.63) is 67.6 Å². The minimum Gasteiger partial charge on any atom is -0.324 e. The Morgan fingerprint density at radius 1 is 1.17 bits per heavy atom. The summed E-state index contributed by atoms with van der Waals surface area (Å²) in [4.78, 5) is 34.5. The van der Waals surface area contributed by atoms with Crippen LogP contribution in [-0.2, 0) is 11.3 Å². The van der Waals surface area contributed by atoms with Crippen molar-refractivity contribution in [2.24, 2.45) is 0 Å². The van der Waals surface area contributed by atoms with Gasteiger partial charge in [0.1, 0.15) is 6.54 Å². The van der Waals surface area contributed by atoms with Gasteiger partial charge in [-0.3, -0.25) is 24.3 Å². The van der Waals surface area contributed by atoms with Gasteiger partial charge in [0.25, 0.3) is 11.2 Å². The predicted octanol–water partition coefficient (Wildman–Crippen LogP) is 2.32. The molecule has 0 bridgehead atoms. The Kier molecular flexibility index (Phi) is 4.59. The van der Waals surface area contributed by atoms with Crippen molar-refractivity contribution < 1.29 is 9.72 Å². The highest BCUT2D eigenvalue weighted by Gasteiger charge is 2.17. The van der Waals surface area contributed by atoms with Crippen LogP contribution < -0.4 is 10.9 Å². The molecule has 0 aliphatic carbocycles. The summed E-state index contributed by atoms with van der Waals surface area (Å²) >= 11 is 0. The topological polar surface area (TPSA) is 94.2 Å². The second-order valence-electron chi connectivity index (χ2n) is 5.30. The second-order valence-corrected chi connectivity index (χ2v) is 5.30. The third kappa shape index (κ3) is 3.45. The lowest BCUT2D eigenvalue weighted by Crippen LogP contribution is -2.29. The third-order valence-electron chi connectivity index (χ3n) is 3.67. The first-order chi connectivity index (χ1) is 10.8. The van der Waals surface area contributed by atoms with Gasteiger partial charge in [0.15, 0.2) is 0 Å². The number of rotatable bonds is 4. The minimum atomic E-state index is -0.575. The van der Waals surface area contributed by atoms with E-state index in [9.17, 15) is 19.7 Å². The molecule has 120 valence electrons. The molecule has 0 saturated carbocycles. The fourth-order valence-corrected chi connectivity index (χ4v) is 2.39. The fourth-order valence-electron chi connectivity index (χ4n) is 2.39. The number of benzene rings is 1. The Labute approximate surface area is 132 Å². The van der Waals surface area contributed by atoms with Crippen LogP contribution in [0.5, 0.6) is 0 Å². The number of nitrogens with one attached hydrogen (secondary N) is 1. The molecule has 2 rings (SSSR count). The monoisotopic (exact) mass is 315 g/mol. The van der Waals surface area contributed by atoms with Crippen LogP contribution in [0.3, 0.4) is 0 Å². The Balaban J connectivity index is 2.29. The number of nitrogens with zero attached hydrogens (tertiary/aromatic N) is 2. The van der Waals surface area contributed by atoms with Crippen LogP contribution in [0.1, 0.15) is 16.8 Å². The number of para-hydroxylation sites is 1. The van der Waals surface area contributed by atoms with E-state index in [1.54, 1.807) is 0 Å². The van der Waals surface area contributed by atoms with Crippen LogP contribution in [0.2, 0.25) is 0 Å². The van der Waals surface area contributed by atoms with E-state index < -0.39 is 16.4 Å². The van der Waals surface area contributed by atoms with Gasteiger partial charge in [-0.15, -0.1) is 0 Å². The highest BCUT2D eigenvalue weighted by Crippen LogP contribution is 2.20. The number of anilines is 1. The highest BCUT2D eigenvalue weighted by molar-refractivity contribution is 5.92. The van der Waals surface area contributed by atoms with Gasteiger partial charge in [0.2, 0.25) is 5.91 Å². The lowest BCUT2D eigenvalue weighted by molar-refractivity contribution is -0.386. The van der Waals surface area contributed by atoms with E-state index in [1.807, 2.05) is 32.0 Å². The number of carbonyl (C=O) groups is 1. The molecule has 0 radical (unpaired) electrons. The molecule has 0 aliphatic rings. The van der Waals surface area contributed by atoms with Crippen molar-refractivity contribution in [2.75, 3.05) is 5.32 Å². The fraction of sp³-hybridized carbons (Fsp3) is 0.250. The van der Waals surface area contributed by atoms with Gasteiger partial charge in [-0.25, -0.2) is 0 Å². The van der Waals surface area contributed by atoms with Crippen molar-refractivity contribution in [3.8, 4) is 0 Å². The second kappa shape index (κ2) is 6.43. The zero-order valence-electron chi connectivity index (χ0n) is 13.1. The van der Waals surface area contributed by atoms with Crippen molar-refractivity contribution >= 4 is 17.3 Å². The lowest BCUT2D eigenvalue weighted by atomic mass is 10.1. The van der Waals surface area contributed by atoms with E-state index in [0.717, 1.165) is 27.8 Å². The largest absolute Gasteiger partial charge is 0.324 e. The quantitative estimate of drug-likeness (QED) is 0.692. The summed E-state index contributed by atoms with van der Waals surface area (Å²) in [6.07, 6.45) is 0. The maximum atomic E-state index is 12.2. The van der Waals surface area contributed by atoms with Crippen LogP contribution in [0.4, 0.5) is 11.4 Å². The van der Waals surface area contributed by atoms with Crippen LogP contribution in [0.15, 0.2) is 35.1 Å². The molecule has 0 spiro atoms. The Hall–Kier alpha value is -2.96. The Morgan fingerprint density at radius 2 is 1.78 bits per heavy atom. The van der Waals surface area contributed by atoms with Crippen LogP contribution in [-0.4, -0.2) is 15.4 Å². The molecule has 1 amide bonds. The minimum absolute atomic E-state index is 0.152. The molecule has 1 aromatic heterocycles. The van der Waals surface area contributed by atoms with Crippen molar-refractivity contribution in [3.63, 3.8) is 0 Å². The first-order valence-electron chi connectivity index (χ1n) is 7.02. The van der Waals surface area contributed by atoms with Gasteiger partial charge in [-0.2, -0.15) is 0 Å². The molecule has 1 aromatic carbocycles. The van der Waals surface area contributed by atoms with Crippen molar-refractivity contribution in [1.82, 2.24) is 4.57 Å². The van der Waals surface area contributed by atoms with E-state index >= 15 is 0 Å². The number of hydrogen-bond acceptors (Lipinski definition) is 4. The summed E-state index contributed by atoms with van der Waals surface area (Å²) in [6, 6.07) is 7.87. The van der Waals surface area contributed by atoms with E-state index in [4.69, 9.17) is 0 Å². The summed E-state index contributed by atoms with van der Waals surface area (Å²) in [5.74, 6) is -0.409. The van der Waals surface area contributed by atoms with E-state index in [1.165, 1.54) is 6.92 Å². The molecular formula is C16H17N3O4. The zero-order valence-corrected chi connectivity index (χ0v) is 13.1. The number of pyridine rings is 1. The highest BCUT2D eigenvalue weighted by atomic mass is 16.6. The molecule has 2 aromatic rings. The average molecular weight is 315 g/mol. The molecule has 0 saturated heterocycles. The van der Waals surface area contributed by atoms with Crippen LogP contribution in [0.25, 0.3) is 0 Å². The molecule has 7 heteroatoms. The van der Waals surface area contributed by atoms with Gasteiger partial charge >= 0.3 is 0 Å². The van der Waals surface area contributed by atoms with Crippen molar-refractivity contribution in [2.45, 2.75) is 27.3 Å². The molecule has 1 heterocycles. The predicted molar refractivity (Wildman–Crippen MR) is 86.6 cm³/mol. The number of aryl methyl sites for hydroxylation is 2. The number of amides is 1. The first kappa shape index (κ1) is 16.4. The molecule has 0 unspecified atom stereocenters. The van der Waals surface area contributed by atoms with Gasteiger partial charge in [0, 0.05) is 17.8 Å². The van der Waals surface area contributed by atoms with E-state index in [-0.39, 0.29) is 17.9 Å². The number of nitro groups is 1. The average Bonchev–Trinajstić information content (AvgIpc) is 2.47. The Bertz CT molecular complexity index is 819. The normalized spacial score (nSPS) is 10.4. The SMILES string of the molecule is Cc1cccc(C)c1NC(=O)Cn1c(C)c([N+](=O)[O-])ccc1=O. The summed E-state index contributed by atoms with van der Waals surface area (Å²) in [6.45, 7) is 4.91. The summed E-state index contributed by atoms with van der Waals surface area (Å²) in [5, 5.41) is 13.7. The number of hydrogen-bond donors (Lipinski definition) is 1. The summed E-state index contributed by atoms with van der Waals surface area (Å²) in [7, 11) is 0. The maximum absolute atomic E-state index is 12.2. The van der Waals surface area contributed by atoms with Gasteiger partial charge in [-0.05, 0) is 31.9 Å². The molecule has 1 N–H and O–H groups in total. The summed E-state index contributed by atoms with van der Waals surface area (Å²) < 4.78 is 1.10. The maximum Gasteiger partial charge on any atom is 0.288 e. The van der Waals surface area contributed by atoms with Gasteiger partial charge < -0.3 is 5.32 Å². The third-order valence-corrected chi connectivity index (χ3v) is 3.67. The zero-order chi connectivity index (χ0) is 17.1. The van der Waals surface area contributed by atoms with Gasteiger partial charge in [0.05, 0.1) is 10.6 Å². The van der Waals surface area contributed by atoms with E-state index in [2.05, 4.69) is 5.32 Å². The van der Waals surface area contributed by atoms with Crippen molar-refractivity contribution in [1.29, 1.82) is 0 Å². The molecular weight excluding hydrogens is 298 g/mol. The molecule has 7 nitrogen and oxygen atoms in total. The number of carbonyl (C=O) groups excluding carboxylic acids is 1. The van der Waals surface area contributed by atoms with Crippen LogP contribution >= 0.6 is 0 Å². The number of aromatic nitrogens is 1. The lowest BCUT2D eigenvalue weighted by Gasteiger charge is -2.13. The smallest absolute Gasteiger partial charge is 0.288 e. The molecule has 0 fully saturated rings. The van der Waals surface area contributed by atoms with Crippen LogP contribution in [0, 0.1) is 30.9 Å². The standard InChI is InChI=1S/C16H17N3O4/c1-10-5-4-6-11(2)16(10)17-14(20)9-18-12(3)13(19(22)23)7-8-15(18)21/h4-8H,9H2,1-3H3,(H,17,20). The molecule has 0 atom stereocenters. The Morgan fingerprint density at radius 3 is 2.35 bits per heavy atom. The van der Waals surface area contributed by atoms with Gasteiger partial charge in [-0.1, -0.05) is 18.2 Å². The first-order valence-corrected chi connectivity index (χ1v) is 7.02. The molecule has 0 aliphatic heterocycles. The molecule has 23 heavy (non-hydrogen) atoms.